The number of nitrogens with zero attached hydrogens (tertiary/aromatic N) is 1. The van der Waals surface area contributed by atoms with Gasteiger partial charge in [-0.15, -0.1) is 0 Å². The lowest BCUT2D eigenvalue weighted by atomic mass is 10.0. The third-order valence-corrected chi connectivity index (χ3v) is 10.4. The molecule has 2 fully saturated rings. The summed E-state index contributed by atoms with van der Waals surface area (Å²) in [5, 5.41) is 14.9. The number of aromatic nitrogens is 1. The molecule has 0 bridgehead atoms. The molecule has 306 valence electrons. The molecule has 6 atom stereocenters. The van der Waals surface area contributed by atoms with Gasteiger partial charge in [0.25, 0.3) is 0 Å². The monoisotopic (exact) mass is 793 g/mol. The molecule has 2 aliphatic rings. The molecule has 16 heteroatoms. The maximum atomic E-state index is 14.7. The number of carbonyl (C=O) groups excluding carboxylic acids is 6. The van der Waals surface area contributed by atoms with E-state index in [2.05, 4.69) is 31.6 Å². The van der Waals surface area contributed by atoms with Crippen molar-refractivity contribution < 1.29 is 33.5 Å². The van der Waals surface area contributed by atoms with Gasteiger partial charge in [0.05, 0.1) is 6.54 Å². The molecule has 3 aromatic carbocycles. The van der Waals surface area contributed by atoms with Gasteiger partial charge in [-0.3, -0.25) is 24.0 Å². The second kappa shape index (κ2) is 19.7. The van der Waals surface area contributed by atoms with E-state index in [1.165, 1.54) is 4.90 Å². The first-order valence-electron chi connectivity index (χ1n) is 19.7. The number of amides is 6. The third-order valence-electron chi connectivity index (χ3n) is 10.4. The van der Waals surface area contributed by atoms with Crippen LogP contribution < -0.4 is 38.1 Å². The largest absolute Gasteiger partial charge is 0.444 e. The average Bonchev–Trinajstić information content (AvgIpc) is 3.85. The molecule has 2 aliphatic heterocycles. The minimum Gasteiger partial charge on any atom is -0.444 e. The van der Waals surface area contributed by atoms with E-state index in [1.54, 1.807) is 36.5 Å². The number of H-pyrrole nitrogens is 1. The number of unbranched alkanes of at least 4 members (excludes halogenated alkanes) is 1. The van der Waals surface area contributed by atoms with Crippen molar-refractivity contribution in [3.63, 3.8) is 0 Å². The highest BCUT2D eigenvalue weighted by Crippen LogP contribution is 2.26. The van der Waals surface area contributed by atoms with Crippen LogP contribution >= 0.6 is 0 Å². The van der Waals surface area contributed by atoms with E-state index in [9.17, 15) is 28.8 Å². The first-order valence-corrected chi connectivity index (χ1v) is 19.7. The second-order valence-corrected chi connectivity index (χ2v) is 14.6. The highest BCUT2D eigenvalue weighted by molar-refractivity contribution is 5.99. The number of fused-ring (bicyclic) bond motifs is 2. The molecule has 10 N–H and O–H groups in total. The van der Waals surface area contributed by atoms with E-state index in [0.29, 0.717) is 24.9 Å². The average molecular weight is 794 g/mol. The fourth-order valence-electron chi connectivity index (χ4n) is 7.47. The Bertz CT molecular complexity index is 2060. The number of para-hydroxylation sites is 1. The smallest absolute Gasteiger partial charge is 0.407 e. The maximum absolute atomic E-state index is 14.7. The summed E-state index contributed by atoms with van der Waals surface area (Å²) in [7, 11) is 0. The Morgan fingerprint density at radius 1 is 0.724 bits per heavy atom. The minimum absolute atomic E-state index is 0.0466. The lowest BCUT2D eigenvalue weighted by Crippen LogP contribution is -2.58. The van der Waals surface area contributed by atoms with Crippen LogP contribution in [-0.4, -0.2) is 102 Å². The number of nitrogens with two attached hydrogens (primary N) is 2. The van der Waals surface area contributed by atoms with E-state index in [-0.39, 0.29) is 45.3 Å². The van der Waals surface area contributed by atoms with Crippen molar-refractivity contribution in [2.24, 2.45) is 11.5 Å². The van der Waals surface area contributed by atoms with Crippen LogP contribution in [0.25, 0.3) is 10.9 Å². The van der Waals surface area contributed by atoms with Crippen LogP contribution in [0.15, 0.2) is 91.1 Å². The Hall–Kier alpha value is -6.26. The van der Waals surface area contributed by atoms with E-state index in [4.69, 9.17) is 16.2 Å². The summed E-state index contributed by atoms with van der Waals surface area (Å²) in [6.07, 6.45) is 1.36. The molecular weight excluding hydrogens is 743 g/mol. The van der Waals surface area contributed by atoms with Crippen molar-refractivity contribution in [1.29, 1.82) is 0 Å². The van der Waals surface area contributed by atoms with Crippen molar-refractivity contribution >= 4 is 46.5 Å². The van der Waals surface area contributed by atoms with Gasteiger partial charge >= 0.3 is 6.09 Å². The molecule has 6 rings (SSSR count). The molecule has 16 nitrogen and oxygen atoms in total. The minimum atomic E-state index is -1.30. The summed E-state index contributed by atoms with van der Waals surface area (Å²) in [4.78, 5) is 89.5. The predicted octanol–water partition coefficient (Wildman–Crippen LogP) is 1.06. The van der Waals surface area contributed by atoms with Crippen molar-refractivity contribution in [3.05, 3.63) is 108 Å². The summed E-state index contributed by atoms with van der Waals surface area (Å²) >= 11 is 0. The van der Waals surface area contributed by atoms with Gasteiger partial charge in [-0.2, -0.15) is 0 Å². The molecule has 3 heterocycles. The summed E-state index contributed by atoms with van der Waals surface area (Å²) in [6.45, 7) is 0.527. The zero-order valence-corrected chi connectivity index (χ0v) is 32.2. The Morgan fingerprint density at radius 3 is 2.14 bits per heavy atom. The molecule has 0 unspecified atom stereocenters. The van der Waals surface area contributed by atoms with Gasteiger partial charge < -0.3 is 52.7 Å². The number of hydrogen-bond donors (Lipinski definition) is 8. The molecule has 0 radical (unpaired) electrons. The highest BCUT2D eigenvalue weighted by Gasteiger charge is 2.45. The van der Waals surface area contributed by atoms with Crippen LogP contribution in [0.2, 0.25) is 0 Å². The summed E-state index contributed by atoms with van der Waals surface area (Å²) in [5.74, 6) is -3.24. The van der Waals surface area contributed by atoms with E-state index >= 15 is 0 Å². The number of nitrogens with one attached hydrogen (secondary N) is 6. The van der Waals surface area contributed by atoms with Crippen LogP contribution in [-0.2, 0) is 41.6 Å². The van der Waals surface area contributed by atoms with Crippen LogP contribution in [0.4, 0.5) is 4.79 Å². The zero-order valence-electron chi connectivity index (χ0n) is 32.2. The quantitative estimate of drug-likeness (QED) is 0.0956. The fraction of sp³-hybridized carbons (Fsp3) is 0.381. The predicted molar refractivity (Wildman–Crippen MR) is 216 cm³/mol. The lowest BCUT2D eigenvalue weighted by molar-refractivity contribution is -0.142. The van der Waals surface area contributed by atoms with Gasteiger partial charge in [0.2, 0.25) is 29.5 Å². The third kappa shape index (κ3) is 10.4. The molecule has 1 aromatic heterocycles. The SMILES string of the molecule is NCCCC[C@@H]1NC(=O)[C@@H](Cc2c[nH]c3ccccc23)NC(=O)[C@H](c2ccccc2)NC(=O)[C@@H]2C[C@@H](OC(=O)NCCN)CN2C(=O)[C@H](Cc2ccccc2)NC1=O. The first kappa shape index (κ1) is 41.4. The normalized spacial score (nSPS) is 23.1. The summed E-state index contributed by atoms with van der Waals surface area (Å²) in [5.41, 5.74) is 14.1. The van der Waals surface area contributed by atoms with E-state index < -0.39 is 71.9 Å². The number of benzene rings is 3. The lowest BCUT2D eigenvalue weighted by Gasteiger charge is -2.30. The van der Waals surface area contributed by atoms with Crippen molar-refractivity contribution in [1.82, 2.24) is 36.5 Å². The molecule has 4 aromatic rings. The van der Waals surface area contributed by atoms with Crippen molar-refractivity contribution in [2.45, 2.75) is 74.8 Å². The van der Waals surface area contributed by atoms with Crippen LogP contribution in [0.3, 0.4) is 0 Å². The molecule has 0 spiro atoms. The van der Waals surface area contributed by atoms with Crippen LogP contribution in [0, 0.1) is 0 Å². The van der Waals surface area contributed by atoms with Gasteiger partial charge in [0.1, 0.15) is 36.3 Å². The fourth-order valence-corrected chi connectivity index (χ4v) is 7.47. The van der Waals surface area contributed by atoms with Gasteiger partial charge in [0, 0.05) is 49.5 Å². The van der Waals surface area contributed by atoms with E-state index in [1.807, 2.05) is 54.6 Å². The van der Waals surface area contributed by atoms with Crippen LogP contribution in [0.5, 0.6) is 0 Å². The summed E-state index contributed by atoms with van der Waals surface area (Å²) < 4.78 is 5.63. The molecule has 58 heavy (non-hydrogen) atoms. The Morgan fingerprint density at radius 2 is 1.40 bits per heavy atom. The molecule has 0 saturated carbocycles. The number of carbonyl (C=O) groups is 6. The van der Waals surface area contributed by atoms with Gasteiger partial charge in [-0.25, -0.2) is 4.79 Å². The highest BCUT2D eigenvalue weighted by atomic mass is 16.6. The van der Waals surface area contributed by atoms with Gasteiger partial charge in [-0.05, 0) is 48.6 Å². The molecule has 0 aliphatic carbocycles. The number of ether oxygens (including phenoxy) is 1. The molecule has 6 amide bonds. The Balaban J connectivity index is 1.41. The first-order chi connectivity index (χ1) is 28.1. The second-order valence-electron chi connectivity index (χ2n) is 14.6. The van der Waals surface area contributed by atoms with Crippen molar-refractivity contribution in [2.75, 3.05) is 26.2 Å². The van der Waals surface area contributed by atoms with Gasteiger partial charge in [-0.1, -0.05) is 78.9 Å². The number of aromatic amines is 1. The Kier molecular flexibility index (Phi) is 14.1. The standard InChI is InChI=1S/C42H51N9O7/c43-18-10-9-17-32-37(52)49-34(21-26-11-3-1-4-12-26)41(56)51-25-29(58-42(57)45-20-19-44)23-35(51)39(54)50-36(27-13-5-2-6-14-27)40(55)48-33(38(53)47-32)22-28-24-46-31-16-8-7-15-30(28)31/h1-8,11-16,24,29,32-36,46H,9-10,17-23,25,43-44H2,(H,45,57)(H,47,53)(H,48,55)(H,49,52)(H,50,54)/t29-,32+,33-,34+,35+,36+/m1/s1. The topological polar surface area (TPSA) is 243 Å². The molecule has 2 saturated heterocycles. The van der Waals surface area contributed by atoms with Gasteiger partial charge in [0.15, 0.2) is 0 Å². The van der Waals surface area contributed by atoms with Crippen molar-refractivity contribution in [3.8, 4) is 0 Å². The summed E-state index contributed by atoms with van der Waals surface area (Å²) in [6, 6.07) is 19.1. The Labute approximate surface area is 336 Å². The molecular formula is C42H51N9O7. The zero-order chi connectivity index (χ0) is 41.0. The number of rotatable bonds is 12. The maximum Gasteiger partial charge on any atom is 0.407 e. The van der Waals surface area contributed by atoms with E-state index in [0.717, 1.165) is 22.0 Å². The van der Waals surface area contributed by atoms with Crippen LogP contribution in [0.1, 0.15) is 48.4 Å². The number of alkyl carbamates (subject to hydrolysis) is 1. The number of hydrogen-bond acceptors (Lipinski definition) is 9.